The van der Waals surface area contributed by atoms with E-state index in [4.69, 9.17) is 86.9 Å². The average molecular weight is 2280 g/mol. The predicted molar refractivity (Wildman–Crippen MR) is 528 cm³/mol. The minimum atomic E-state index is -4.63. The molecule has 18 heterocycles. The van der Waals surface area contributed by atoms with Gasteiger partial charge in [-0.1, -0.05) is 81.2 Å². The van der Waals surface area contributed by atoms with Crippen molar-refractivity contribution in [3.63, 3.8) is 0 Å². The molecule has 146 heavy (non-hydrogen) atoms. The Hall–Kier alpha value is -8.69. The van der Waals surface area contributed by atoms with Gasteiger partial charge >= 0.3 is 12.4 Å². The van der Waals surface area contributed by atoms with Crippen LogP contribution >= 0.6 is 81.2 Å². The maximum atomic E-state index is 13.4. The maximum absolute atomic E-state index is 13.4. The molecule has 780 valence electrons. The number of sulfonamides is 6. The first-order chi connectivity index (χ1) is 69.2. The van der Waals surface area contributed by atoms with E-state index in [2.05, 4.69) is 61.2 Å². The number of nitrogen functional groups attached to an aromatic ring is 1. The van der Waals surface area contributed by atoms with E-state index >= 15 is 0 Å². The molecule has 52 heteroatoms. The molecule has 6 saturated heterocycles. The first-order valence-corrected chi connectivity index (χ1v) is 58.5. The number of nitrogens with zero attached hydrogens (tertiary/aromatic N) is 12. The van der Waals surface area contributed by atoms with Gasteiger partial charge in [-0.25, -0.2) is 59.3 Å². The molecule has 0 aliphatic carbocycles. The van der Waals surface area contributed by atoms with E-state index in [1.54, 1.807) is 85.7 Å². The van der Waals surface area contributed by atoms with E-state index in [0.717, 1.165) is 104 Å². The standard InChI is InChI=1S/2C16H15ClF3N3O2S.C16H16ClF2N3O2S.C16H18ClN3O2S.C15H15Cl2N3O2S.C15H17ClN4O2S/c2*17-9-4-6-11(7-5-9)26(24,25)23-10-2-1-3-13(23)14-12(8-10)21-22-15(14)16(18,19)20;17-9-4-6-11(7-5-9)25(23,24)22-10-2-1-3-13(22)14-12(8-10)20-21-15(14)16(18)19;1-10-16-14(19-18-10)9-12-3-2-4-15(16)20(12)23(21,22)13-7-5-11(17)6-8-13;2*16-9-4-6-11(7-5-9)23(21,22)20-10-2-1-3-13(20)14-12(8-10)18-19-15(14)17/h2*4-7,10,13H,1-3,8H2,(H,21,22);4-7,10,13,16H,1-3,8H2,(H,20,21);5-8,12,15H,2-4,9H2,1H3,(H,18,19);4-7,10,13H,1-3,8H2,(H,18,19);4-7,10,13H,1-3,8H2,(H3,17,18,19). The van der Waals surface area contributed by atoms with Gasteiger partial charge in [-0.3, -0.25) is 30.6 Å². The third-order valence-electron chi connectivity index (χ3n) is 29.3. The second-order valence-corrected chi connectivity index (χ2v) is 51.9. The monoisotopic (exact) mass is 2270 g/mol. The molecule has 12 bridgehead atoms. The van der Waals surface area contributed by atoms with Crippen LogP contribution < -0.4 is 5.73 Å². The summed E-state index contributed by atoms with van der Waals surface area (Å²) in [7, 11) is -22.5. The Kier molecular flexibility index (Phi) is 29.8. The van der Waals surface area contributed by atoms with Crippen LogP contribution in [0, 0.1) is 6.92 Å². The molecular formula is C94H96Cl7F8N19O12S6. The number of halogens is 15. The minimum absolute atomic E-state index is 0.00960. The summed E-state index contributed by atoms with van der Waals surface area (Å²) < 4.78 is 274. The van der Waals surface area contributed by atoms with Gasteiger partial charge in [0.15, 0.2) is 16.5 Å². The topological polar surface area (TPSA) is 422 Å². The van der Waals surface area contributed by atoms with Crippen molar-refractivity contribution in [3.8, 4) is 0 Å². The lowest BCUT2D eigenvalue weighted by Crippen LogP contribution is -2.50. The van der Waals surface area contributed by atoms with Gasteiger partial charge in [0.05, 0.1) is 71.3 Å². The fraction of sp³-hybridized carbons (Fsp3) is 0.426. The summed E-state index contributed by atoms with van der Waals surface area (Å²) >= 11 is 41.3. The fourth-order valence-corrected chi connectivity index (χ4v) is 35.4. The Labute approximate surface area is 871 Å². The summed E-state index contributed by atoms with van der Waals surface area (Å²) in [6.45, 7) is 1.97. The van der Waals surface area contributed by atoms with Crippen molar-refractivity contribution in [2.75, 3.05) is 5.73 Å². The fourth-order valence-electron chi connectivity index (χ4n) is 23.3. The Morgan fingerprint density at radius 2 is 0.527 bits per heavy atom. The molecule has 31 nitrogen and oxygen atoms in total. The summed E-state index contributed by atoms with van der Waals surface area (Å²) in [6.07, 6.45) is 3.89. The number of H-pyrrole nitrogens is 6. The van der Waals surface area contributed by atoms with Crippen molar-refractivity contribution < 1.29 is 85.6 Å². The molecule has 12 aliphatic rings. The van der Waals surface area contributed by atoms with Crippen molar-refractivity contribution in [2.24, 2.45) is 0 Å². The predicted octanol–water partition coefficient (Wildman–Crippen LogP) is 20.9. The van der Waals surface area contributed by atoms with Gasteiger partial charge in [0.25, 0.3) is 6.43 Å². The number of rotatable bonds is 13. The molecule has 6 fully saturated rings. The van der Waals surface area contributed by atoms with E-state index in [0.29, 0.717) is 146 Å². The molecule has 0 amide bonds. The van der Waals surface area contributed by atoms with E-state index in [9.17, 15) is 85.6 Å². The van der Waals surface area contributed by atoms with Gasteiger partial charge in [-0.15, -0.1) is 0 Å². The Balaban J connectivity index is 0.000000111. The normalized spacial score (nSPS) is 24.0. The number of hydrogen-bond acceptors (Lipinski definition) is 19. The highest BCUT2D eigenvalue weighted by Gasteiger charge is 2.56. The molecule has 0 saturated carbocycles. The number of hydrogen-bond donors (Lipinski definition) is 7. The van der Waals surface area contributed by atoms with Crippen LogP contribution in [0.2, 0.25) is 35.3 Å². The molecule has 6 aromatic carbocycles. The SMILES string of the molecule is Cc1[nH]nc2c1C1CCCC(C2)N1S(=O)(=O)c1ccc(Cl)cc1.Nc1n[nH]c2c1C1CCCC(C2)N1S(=O)(=O)c1ccc(Cl)cc1.O=S(=O)(c1ccc(Cl)cc1)N1C2CCCC1c1c(C(F)(F)F)n[nH]c1C2.O=S(=O)(c1ccc(Cl)cc1)N1C2CCCC1c1c(C(F)(F)F)n[nH]c1C2.O=S(=O)(c1ccc(Cl)cc1)N1C2CCCC1c1c(C(F)F)n[nH]c1C2.O=S(=O)(c1ccc(Cl)cc1)N1C2CCCC1c1c(Cl)n[nH]c1C2. The highest BCUT2D eigenvalue weighted by molar-refractivity contribution is 7.90. The third kappa shape index (κ3) is 20.0. The maximum Gasteiger partial charge on any atom is 0.435 e. The summed E-state index contributed by atoms with van der Waals surface area (Å²) in [5, 5.41) is 42.9. The average Bonchev–Trinajstić information content (AvgIpc) is 1.53. The van der Waals surface area contributed by atoms with E-state index in [1.165, 1.54) is 85.7 Å². The summed E-state index contributed by atoms with van der Waals surface area (Å²) in [5.41, 5.74) is 12.0. The van der Waals surface area contributed by atoms with Gasteiger partial charge < -0.3 is 5.73 Å². The molecule has 12 atom stereocenters. The van der Waals surface area contributed by atoms with Crippen LogP contribution in [0.25, 0.3) is 0 Å². The summed E-state index contributed by atoms with van der Waals surface area (Å²) in [4.78, 5) is 1.02. The minimum Gasteiger partial charge on any atom is -0.382 e. The van der Waals surface area contributed by atoms with Crippen molar-refractivity contribution in [1.82, 2.24) is 87.0 Å². The second kappa shape index (κ2) is 41.1. The summed E-state index contributed by atoms with van der Waals surface area (Å²) in [5.74, 6) is 0.404. The van der Waals surface area contributed by atoms with Crippen molar-refractivity contribution in [2.45, 2.75) is 282 Å². The smallest absolute Gasteiger partial charge is 0.382 e. The van der Waals surface area contributed by atoms with E-state index < -0.39 is 108 Å². The van der Waals surface area contributed by atoms with Gasteiger partial charge in [0, 0.05) is 172 Å². The lowest BCUT2D eigenvalue weighted by Gasteiger charge is -2.44. The molecule has 8 N–H and O–H groups in total. The first-order valence-electron chi connectivity index (χ1n) is 47.2. The van der Waals surface area contributed by atoms with E-state index in [1.807, 2.05) is 6.92 Å². The van der Waals surface area contributed by atoms with Crippen molar-refractivity contribution in [1.29, 1.82) is 0 Å². The molecule has 0 spiro atoms. The quantitative estimate of drug-likeness (QED) is 0.0527. The lowest BCUT2D eigenvalue weighted by atomic mass is 9.84. The van der Waals surface area contributed by atoms with E-state index in [-0.39, 0.29) is 109 Å². The molecule has 0 radical (unpaired) electrons. The number of anilines is 1. The first kappa shape index (κ1) is 106. The molecule has 12 unspecified atom stereocenters. The number of alkyl halides is 8. The van der Waals surface area contributed by atoms with Gasteiger partial charge in [-0.2, -0.15) is 82.8 Å². The van der Waals surface area contributed by atoms with Crippen LogP contribution in [0.1, 0.15) is 249 Å². The zero-order chi connectivity index (χ0) is 104. The molecule has 12 aliphatic heterocycles. The van der Waals surface area contributed by atoms with Crippen LogP contribution in [0.3, 0.4) is 0 Å². The number of nitrogens with one attached hydrogen (secondary N) is 6. The molecule has 24 rings (SSSR count). The second-order valence-electron chi connectivity index (χ2n) is 37.9. The lowest BCUT2D eigenvalue weighted by molar-refractivity contribution is -0.143. The van der Waals surface area contributed by atoms with Crippen LogP contribution in [0.15, 0.2) is 175 Å². The van der Waals surface area contributed by atoms with Crippen LogP contribution in [0.4, 0.5) is 40.9 Å². The number of piperidine rings is 6. The van der Waals surface area contributed by atoms with Crippen LogP contribution in [-0.4, -0.2) is 174 Å². The largest absolute Gasteiger partial charge is 0.435 e. The van der Waals surface area contributed by atoms with Gasteiger partial charge in [0.2, 0.25) is 60.1 Å². The van der Waals surface area contributed by atoms with Gasteiger partial charge in [0.1, 0.15) is 11.5 Å². The third-order valence-corrected chi connectivity index (χ3v) is 43.0. The zero-order valence-corrected chi connectivity index (χ0v) is 87.5. The zero-order valence-electron chi connectivity index (χ0n) is 77.3. The Bertz CT molecular complexity index is 7140. The molecule has 6 aromatic heterocycles. The number of fused-ring (bicyclic) bond motifs is 24. The summed E-state index contributed by atoms with van der Waals surface area (Å²) in [6, 6.07) is 32.3. The molecular weight excluding hydrogens is 2180 g/mol. The highest BCUT2D eigenvalue weighted by atomic mass is 35.5. The van der Waals surface area contributed by atoms with Gasteiger partial charge in [-0.05, 0) is 268 Å². The van der Waals surface area contributed by atoms with Crippen molar-refractivity contribution >= 4 is 147 Å². The molecule has 12 aromatic rings. The number of benzene rings is 6. The number of aromatic amines is 6. The number of nitrogens with two attached hydrogens (primary N) is 1. The number of aromatic nitrogens is 12. The Morgan fingerprint density at radius 1 is 0.295 bits per heavy atom. The number of aryl methyl sites for hydroxylation is 1. The Morgan fingerprint density at radius 3 is 0.822 bits per heavy atom. The van der Waals surface area contributed by atoms with Crippen LogP contribution in [0.5, 0.6) is 0 Å². The highest BCUT2D eigenvalue weighted by Crippen LogP contribution is 2.56. The van der Waals surface area contributed by atoms with Crippen molar-refractivity contribution in [3.05, 3.63) is 271 Å². The van der Waals surface area contributed by atoms with Crippen LogP contribution in [-0.2, 0) is 111 Å².